The quantitative estimate of drug-likeness (QED) is 0.710. The number of amides is 1. The van der Waals surface area contributed by atoms with E-state index < -0.39 is 0 Å². The summed E-state index contributed by atoms with van der Waals surface area (Å²) in [6.45, 7) is 4.59. The highest BCUT2D eigenvalue weighted by atomic mass is 16.3. The normalized spacial score (nSPS) is 12.4. The van der Waals surface area contributed by atoms with E-state index in [1.54, 1.807) is 0 Å². The van der Waals surface area contributed by atoms with Crippen LogP contribution in [0.25, 0.3) is 0 Å². The minimum atomic E-state index is -0.323. The van der Waals surface area contributed by atoms with Crippen molar-refractivity contribution in [1.29, 1.82) is 0 Å². The van der Waals surface area contributed by atoms with Crippen LogP contribution in [0.2, 0.25) is 0 Å². The highest BCUT2D eigenvalue weighted by Gasteiger charge is 2.16. The summed E-state index contributed by atoms with van der Waals surface area (Å²) in [4.78, 5) is 15.5. The van der Waals surface area contributed by atoms with Gasteiger partial charge in [-0.15, -0.1) is 0 Å². The second kappa shape index (κ2) is 6.96. The molecule has 0 saturated carbocycles. The van der Waals surface area contributed by atoms with Crippen molar-refractivity contribution >= 4 is 5.91 Å². The molecule has 0 spiro atoms. The molecule has 1 atom stereocenters. The first-order chi connectivity index (χ1) is 8.60. The van der Waals surface area contributed by atoms with Crippen LogP contribution in [-0.2, 0) is 0 Å². The molecule has 1 rings (SSSR count). The van der Waals surface area contributed by atoms with E-state index in [4.69, 9.17) is 5.73 Å². The van der Waals surface area contributed by atoms with Gasteiger partial charge in [-0.1, -0.05) is 26.7 Å². The molecule has 0 aliphatic carbocycles. The van der Waals surface area contributed by atoms with Crippen LogP contribution in [-0.4, -0.2) is 28.6 Å². The Kier molecular flexibility index (Phi) is 5.58. The number of carbonyl (C=O) groups excluding carboxylic acids is 1. The summed E-state index contributed by atoms with van der Waals surface area (Å²) >= 11 is 0. The molecule has 1 unspecified atom stereocenters. The molecule has 0 aliphatic heterocycles. The first-order valence-electron chi connectivity index (χ1n) is 6.26. The van der Waals surface area contributed by atoms with Gasteiger partial charge in [-0.3, -0.25) is 9.78 Å². The lowest BCUT2D eigenvalue weighted by Gasteiger charge is -2.21. The first-order valence-corrected chi connectivity index (χ1v) is 6.26. The summed E-state index contributed by atoms with van der Waals surface area (Å²) in [7, 11) is 0. The van der Waals surface area contributed by atoms with Crippen molar-refractivity contribution < 1.29 is 9.90 Å². The van der Waals surface area contributed by atoms with E-state index in [0.717, 1.165) is 12.8 Å². The number of hydrogen-bond acceptors (Lipinski definition) is 4. The zero-order chi connectivity index (χ0) is 13.5. The first kappa shape index (κ1) is 14.4. The number of rotatable bonds is 6. The maximum absolute atomic E-state index is 11.8. The minimum Gasteiger partial charge on any atom is -0.505 e. The van der Waals surface area contributed by atoms with Crippen LogP contribution < -0.4 is 11.1 Å². The van der Waals surface area contributed by atoms with E-state index in [1.807, 2.05) is 0 Å². The highest BCUT2D eigenvalue weighted by molar-refractivity contribution is 5.96. The summed E-state index contributed by atoms with van der Waals surface area (Å²) in [5, 5.41) is 12.2. The molecule has 5 nitrogen and oxygen atoms in total. The minimum absolute atomic E-state index is 0.0621. The van der Waals surface area contributed by atoms with Crippen LogP contribution >= 0.6 is 0 Å². The zero-order valence-corrected chi connectivity index (χ0v) is 10.9. The van der Waals surface area contributed by atoms with E-state index in [-0.39, 0.29) is 23.3 Å². The summed E-state index contributed by atoms with van der Waals surface area (Å²) in [5.41, 5.74) is 6.24. The maximum atomic E-state index is 11.8. The molecule has 1 heterocycles. The van der Waals surface area contributed by atoms with Crippen molar-refractivity contribution in [2.45, 2.75) is 32.7 Å². The molecule has 0 saturated heterocycles. The molecule has 0 bridgehead atoms. The van der Waals surface area contributed by atoms with Gasteiger partial charge in [0.15, 0.2) is 0 Å². The van der Waals surface area contributed by atoms with Crippen molar-refractivity contribution in [3.8, 4) is 5.75 Å². The second-order valence-electron chi connectivity index (χ2n) is 4.34. The lowest BCUT2D eigenvalue weighted by molar-refractivity contribution is 0.0945. The predicted molar refractivity (Wildman–Crippen MR) is 70.3 cm³/mol. The van der Waals surface area contributed by atoms with Crippen LogP contribution in [0.4, 0.5) is 0 Å². The smallest absolute Gasteiger partial charge is 0.255 e. The lowest BCUT2D eigenvalue weighted by Crippen LogP contribution is -2.41. The third kappa shape index (κ3) is 3.70. The number of pyridine rings is 1. The fourth-order valence-electron chi connectivity index (χ4n) is 1.94. The monoisotopic (exact) mass is 251 g/mol. The highest BCUT2D eigenvalue weighted by Crippen LogP contribution is 2.14. The molecule has 1 aromatic heterocycles. The molecule has 100 valence electrons. The maximum Gasteiger partial charge on any atom is 0.255 e. The summed E-state index contributed by atoms with van der Waals surface area (Å²) < 4.78 is 0. The van der Waals surface area contributed by atoms with E-state index in [9.17, 15) is 9.90 Å². The van der Waals surface area contributed by atoms with Gasteiger partial charge in [-0.05, 0) is 12.0 Å². The van der Waals surface area contributed by atoms with Crippen LogP contribution in [0.15, 0.2) is 18.5 Å². The van der Waals surface area contributed by atoms with Gasteiger partial charge in [0.1, 0.15) is 5.75 Å². The molecular weight excluding hydrogens is 230 g/mol. The number of aromatic nitrogens is 1. The number of nitrogens with two attached hydrogens (primary N) is 1. The third-order valence-corrected chi connectivity index (χ3v) is 3.20. The summed E-state index contributed by atoms with van der Waals surface area (Å²) in [6, 6.07) is 1.42. The van der Waals surface area contributed by atoms with E-state index >= 15 is 0 Å². The predicted octanol–water partition coefficient (Wildman–Crippen LogP) is 1.28. The Morgan fingerprint density at radius 3 is 2.72 bits per heavy atom. The molecule has 18 heavy (non-hydrogen) atoms. The van der Waals surface area contributed by atoms with Crippen molar-refractivity contribution in [1.82, 2.24) is 10.3 Å². The van der Waals surface area contributed by atoms with Gasteiger partial charge in [0.25, 0.3) is 5.91 Å². The lowest BCUT2D eigenvalue weighted by atomic mass is 9.95. The standard InChI is InChI=1S/C13H21N3O2/c1-3-9(4-2)11(14)7-16-13(18)10-5-6-15-8-12(10)17/h5-6,8-9,11,17H,3-4,7,14H2,1-2H3,(H,16,18). The Bertz CT molecular complexity index is 392. The van der Waals surface area contributed by atoms with E-state index in [2.05, 4.69) is 24.1 Å². The summed E-state index contributed by atoms with van der Waals surface area (Å²) in [5.74, 6) is -0.0428. The molecule has 0 radical (unpaired) electrons. The van der Waals surface area contributed by atoms with E-state index in [0.29, 0.717) is 12.5 Å². The summed E-state index contributed by atoms with van der Waals surface area (Å²) in [6.07, 6.45) is 4.70. The fraction of sp³-hybridized carbons (Fsp3) is 0.538. The Balaban J connectivity index is 2.54. The SMILES string of the molecule is CCC(CC)C(N)CNC(=O)c1ccncc1O. The Hall–Kier alpha value is -1.62. The molecule has 1 amide bonds. The van der Waals surface area contributed by atoms with Gasteiger partial charge in [0.2, 0.25) is 0 Å². The Morgan fingerprint density at radius 1 is 1.50 bits per heavy atom. The van der Waals surface area contributed by atoms with Gasteiger partial charge in [0, 0.05) is 18.8 Å². The third-order valence-electron chi connectivity index (χ3n) is 3.20. The van der Waals surface area contributed by atoms with Crippen LogP contribution in [0, 0.1) is 5.92 Å². The van der Waals surface area contributed by atoms with Crippen molar-refractivity contribution in [3.63, 3.8) is 0 Å². The molecule has 0 fully saturated rings. The van der Waals surface area contributed by atoms with Crippen molar-refractivity contribution in [2.75, 3.05) is 6.54 Å². The zero-order valence-electron chi connectivity index (χ0n) is 10.9. The molecule has 4 N–H and O–H groups in total. The fourth-order valence-corrected chi connectivity index (χ4v) is 1.94. The topological polar surface area (TPSA) is 88.2 Å². The second-order valence-corrected chi connectivity index (χ2v) is 4.34. The number of nitrogens with zero attached hydrogens (tertiary/aromatic N) is 1. The van der Waals surface area contributed by atoms with Crippen molar-refractivity contribution in [3.05, 3.63) is 24.0 Å². The largest absolute Gasteiger partial charge is 0.505 e. The molecule has 0 aromatic carbocycles. The van der Waals surface area contributed by atoms with Crippen molar-refractivity contribution in [2.24, 2.45) is 11.7 Å². The molecule has 5 heteroatoms. The Morgan fingerprint density at radius 2 is 2.17 bits per heavy atom. The average molecular weight is 251 g/mol. The number of hydrogen-bond donors (Lipinski definition) is 3. The molecule has 1 aromatic rings. The van der Waals surface area contributed by atoms with Crippen LogP contribution in [0.1, 0.15) is 37.0 Å². The van der Waals surface area contributed by atoms with Crippen LogP contribution in [0.5, 0.6) is 5.75 Å². The van der Waals surface area contributed by atoms with Gasteiger partial charge in [0.05, 0.1) is 11.8 Å². The van der Waals surface area contributed by atoms with Gasteiger partial charge >= 0.3 is 0 Å². The molecule has 0 aliphatic rings. The van der Waals surface area contributed by atoms with Gasteiger partial charge in [-0.2, -0.15) is 0 Å². The molecular formula is C13H21N3O2. The van der Waals surface area contributed by atoms with Gasteiger partial charge in [-0.25, -0.2) is 0 Å². The number of carbonyl (C=O) groups is 1. The number of nitrogens with one attached hydrogen (secondary N) is 1. The van der Waals surface area contributed by atoms with E-state index in [1.165, 1.54) is 18.5 Å². The number of aromatic hydroxyl groups is 1. The Labute approximate surface area is 107 Å². The van der Waals surface area contributed by atoms with Gasteiger partial charge < -0.3 is 16.2 Å². The van der Waals surface area contributed by atoms with Crippen LogP contribution in [0.3, 0.4) is 0 Å². The average Bonchev–Trinajstić information content (AvgIpc) is 2.38.